The van der Waals surface area contributed by atoms with Crippen molar-refractivity contribution in [3.05, 3.63) is 66.2 Å². The number of para-hydroxylation sites is 1. The standard InChI is InChI=1S/C21H21FN2O6S/c1-13(18-11-15-7-3-5-9-17(15)30-18)23-20(25)12-29-21(26)14(2)24-31(27,28)19-10-6-4-8-16(19)22/h3-11,13-14,24H,12H2,1-2H3,(H,23,25)/t13-,14+/m0/s1. The third-order valence-corrected chi connectivity index (χ3v) is 5.98. The average molecular weight is 448 g/mol. The van der Waals surface area contributed by atoms with E-state index >= 15 is 0 Å². The normalized spacial score (nSPS) is 13.5. The predicted molar refractivity (Wildman–Crippen MR) is 110 cm³/mol. The second-order valence-corrected chi connectivity index (χ2v) is 8.54. The number of halogens is 1. The number of carbonyl (C=O) groups excluding carboxylic acids is 2. The molecule has 2 aromatic carbocycles. The van der Waals surface area contributed by atoms with Crippen LogP contribution in [0, 0.1) is 5.82 Å². The van der Waals surface area contributed by atoms with Crippen molar-refractivity contribution in [3.8, 4) is 0 Å². The number of carbonyl (C=O) groups is 2. The Morgan fingerprint density at radius 2 is 1.77 bits per heavy atom. The van der Waals surface area contributed by atoms with Gasteiger partial charge in [-0.25, -0.2) is 12.8 Å². The minimum absolute atomic E-state index is 0.476. The van der Waals surface area contributed by atoms with E-state index in [0.29, 0.717) is 11.3 Å². The third-order valence-electron chi connectivity index (χ3n) is 4.41. The number of esters is 1. The number of nitrogens with one attached hydrogen (secondary N) is 2. The van der Waals surface area contributed by atoms with Crippen molar-refractivity contribution in [1.82, 2.24) is 10.0 Å². The van der Waals surface area contributed by atoms with Crippen molar-refractivity contribution in [2.45, 2.75) is 30.8 Å². The van der Waals surface area contributed by atoms with Gasteiger partial charge in [-0.15, -0.1) is 0 Å². The van der Waals surface area contributed by atoms with Crippen LogP contribution in [-0.2, 0) is 24.3 Å². The van der Waals surface area contributed by atoms with Gasteiger partial charge in [0.15, 0.2) is 6.61 Å². The van der Waals surface area contributed by atoms with E-state index in [-0.39, 0.29) is 0 Å². The van der Waals surface area contributed by atoms with Gasteiger partial charge in [0, 0.05) is 5.39 Å². The molecular formula is C21H21FN2O6S. The highest BCUT2D eigenvalue weighted by molar-refractivity contribution is 7.89. The predicted octanol–water partition coefficient (Wildman–Crippen LogP) is 2.66. The summed E-state index contributed by atoms with van der Waals surface area (Å²) in [5.74, 6) is -1.99. The van der Waals surface area contributed by atoms with Crippen molar-refractivity contribution in [2.75, 3.05) is 6.61 Å². The molecule has 1 aromatic heterocycles. The van der Waals surface area contributed by atoms with Gasteiger partial charge in [-0.2, -0.15) is 4.72 Å². The number of rotatable bonds is 8. The zero-order valence-electron chi connectivity index (χ0n) is 16.8. The van der Waals surface area contributed by atoms with Crippen LogP contribution in [0.15, 0.2) is 63.9 Å². The Labute approximate surface area is 178 Å². The second kappa shape index (κ2) is 9.27. The quantitative estimate of drug-likeness (QED) is 0.512. The minimum atomic E-state index is -4.28. The van der Waals surface area contributed by atoms with Crippen molar-refractivity contribution >= 4 is 32.9 Å². The molecule has 0 saturated carbocycles. The lowest BCUT2D eigenvalue weighted by molar-refractivity contribution is -0.150. The van der Waals surface area contributed by atoms with E-state index in [9.17, 15) is 22.4 Å². The minimum Gasteiger partial charge on any atom is -0.459 e. The SMILES string of the molecule is C[C@H](NC(=O)COC(=O)[C@@H](C)NS(=O)(=O)c1ccccc1F)c1cc2ccccc2o1. The van der Waals surface area contributed by atoms with Crippen LogP contribution in [0.3, 0.4) is 0 Å². The number of amides is 1. The Bertz CT molecular complexity index is 1170. The molecule has 31 heavy (non-hydrogen) atoms. The van der Waals surface area contributed by atoms with Crippen LogP contribution < -0.4 is 10.0 Å². The Hall–Kier alpha value is -3.24. The molecule has 2 atom stereocenters. The molecule has 3 aromatic rings. The van der Waals surface area contributed by atoms with Gasteiger partial charge < -0.3 is 14.5 Å². The summed E-state index contributed by atoms with van der Waals surface area (Å²) >= 11 is 0. The molecule has 0 aliphatic heterocycles. The lowest BCUT2D eigenvalue weighted by atomic mass is 10.2. The fraction of sp³-hybridized carbons (Fsp3) is 0.238. The summed E-state index contributed by atoms with van der Waals surface area (Å²) in [5, 5.41) is 3.52. The average Bonchev–Trinajstić information content (AvgIpc) is 3.16. The Balaban J connectivity index is 1.52. The molecule has 0 saturated heterocycles. The summed E-state index contributed by atoms with van der Waals surface area (Å²) in [6.07, 6.45) is 0. The zero-order valence-corrected chi connectivity index (χ0v) is 17.6. The second-order valence-electron chi connectivity index (χ2n) is 6.86. The summed E-state index contributed by atoms with van der Waals surface area (Å²) in [7, 11) is -4.28. The molecule has 0 aliphatic rings. The maximum absolute atomic E-state index is 13.7. The first-order chi connectivity index (χ1) is 14.7. The van der Waals surface area contributed by atoms with Crippen molar-refractivity contribution in [2.24, 2.45) is 0 Å². The molecule has 0 fully saturated rings. The van der Waals surface area contributed by atoms with Crippen LogP contribution >= 0.6 is 0 Å². The summed E-state index contributed by atoms with van der Waals surface area (Å²) in [4.78, 5) is 23.6. The molecule has 8 nitrogen and oxygen atoms in total. The van der Waals surface area contributed by atoms with Crippen LogP contribution in [0.25, 0.3) is 11.0 Å². The third kappa shape index (κ3) is 5.47. The molecule has 0 spiro atoms. The lowest BCUT2D eigenvalue weighted by Crippen LogP contribution is -2.41. The highest BCUT2D eigenvalue weighted by atomic mass is 32.2. The molecule has 1 amide bonds. The fourth-order valence-electron chi connectivity index (χ4n) is 2.84. The molecular weight excluding hydrogens is 427 g/mol. The summed E-state index contributed by atoms with van der Waals surface area (Å²) in [6.45, 7) is 2.33. The van der Waals surface area contributed by atoms with Gasteiger partial charge in [0.1, 0.15) is 28.1 Å². The Kier molecular flexibility index (Phi) is 6.71. The van der Waals surface area contributed by atoms with Gasteiger partial charge in [-0.1, -0.05) is 30.3 Å². The molecule has 0 unspecified atom stereocenters. The van der Waals surface area contributed by atoms with Gasteiger partial charge in [0.05, 0.1) is 6.04 Å². The van der Waals surface area contributed by atoms with Crippen LogP contribution in [0.4, 0.5) is 4.39 Å². The number of benzene rings is 2. The first-order valence-corrected chi connectivity index (χ1v) is 10.9. The first kappa shape index (κ1) is 22.4. The number of hydrogen-bond donors (Lipinski definition) is 2. The Morgan fingerprint density at radius 3 is 2.48 bits per heavy atom. The van der Waals surface area contributed by atoms with Gasteiger partial charge in [0.2, 0.25) is 10.0 Å². The number of sulfonamides is 1. The maximum atomic E-state index is 13.7. The number of ether oxygens (including phenoxy) is 1. The highest BCUT2D eigenvalue weighted by Gasteiger charge is 2.26. The van der Waals surface area contributed by atoms with Gasteiger partial charge in [0.25, 0.3) is 5.91 Å². The number of fused-ring (bicyclic) bond motifs is 1. The monoisotopic (exact) mass is 448 g/mol. The molecule has 1 heterocycles. The topological polar surface area (TPSA) is 115 Å². The molecule has 0 bridgehead atoms. The van der Waals surface area contributed by atoms with E-state index in [1.165, 1.54) is 19.1 Å². The van der Waals surface area contributed by atoms with Crippen LogP contribution in [0.5, 0.6) is 0 Å². The molecule has 0 radical (unpaired) electrons. The number of hydrogen-bond acceptors (Lipinski definition) is 6. The first-order valence-electron chi connectivity index (χ1n) is 9.38. The molecule has 3 rings (SSSR count). The van der Waals surface area contributed by atoms with E-state index in [1.54, 1.807) is 19.1 Å². The van der Waals surface area contributed by atoms with Crippen LogP contribution in [0.2, 0.25) is 0 Å². The molecule has 10 heteroatoms. The lowest BCUT2D eigenvalue weighted by Gasteiger charge is -2.15. The van der Waals surface area contributed by atoms with Crippen LogP contribution in [-0.4, -0.2) is 32.9 Å². The zero-order chi connectivity index (χ0) is 22.6. The Morgan fingerprint density at radius 1 is 1.10 bits per heavy atom. The highest BCUT2D eigenvalue weighted by Crippen LogP contribution is 2.23. The smallest absolute Gasteiger partial charge is 0.324 e. The molecule has 0 aliphatic carbocycles. The van der Waals surface area contributed by atoms with Crippen LogP contribution in [0.1, 0.15) is 25.6 Å². The van der Waals surface area contributed by atoms with E-state index in [0.717, 1.165) is 17.5 Å². The fourth-order valence-corrected chi connectivity index (χ4v) is 4.11. The van der Waals surface area contributed by atoms with Crippen molar-refractivity contribution in [1.29, 1.82) is 0 Å². The summed E-state index contributed by atoms with van der Waals surface area (Å²) in [5.41, 5.74) is 0.681. The van der Waals surface area contributed by atoms with Crippen molar-refractivity contribution < 1.29 is 31.6 Å². The maximum Gasteiger partial charge on any atom is 0.324 e. The van der Waals surface area contributed by atoms with E-state index in [1.807, 2.05) is 22.9 Å². The summed E-state index contributed by atoms with van der Waals surface area (Å²) in [6, 6.07) is 12.1. The molecule has 164 valence electrons. The summed E-state index contributed by atoms with van der Waals surface area (Å²) < 4.78 is 50.8. The van der Waals surface area contributed by atoms with E-state index < -0.39 is 51.3 Å². The van der Waals surface area contributed by atoms with Gasteiger partial charge in [-0.3, -0.25) is 9.59 Å². The van der Waals surface area contributed by atoms with E-state index in [2.05, 4.69) is 5.32 Å². The largest absolute Gasteiger partial charge is 0.459 e. The molecule has 2 N–H and O–H groups in total. The van der Waals surface area contributed by atoms with E-state index in [4.69, 9.17) is 9.15 Å². The van der Waals surface area contributed by atoms with Gasteiger partial charge >= 0.3 is 5.97 Å². The van der Waals surface area contributed by atoms with Crippen molar-refractivity contribution in [3.63, 3.8) is 0 Å². The number of furan rings is 1. The van der Waals surface area contributed by atoms with Gasteiger partial charge in [-0.05, 0) is 38.1 Å².